The van der Waals surface area contributed by atoms with Gasteiger partial charge >= 0.3 is 0 Å². The number of aliphatic hydroxyl groups excluding tert-OH is 1. The Bertz CT molecular complexity index is 1360. The van der Waals surface area contributed by atoms with Crippen molar-refractivity contribution in [2.24, 2.45) is 0 Å². The van der Waals surface area contributed by atoms with E-state index in [-0.39, 0.29) is 11.5 Å². The van der Waals surface area contributed by atoms with Crippen molar-refractivity contribution >= 4 is 28.2 Å². The maximum Gasteiger partial charge on any atom is 0.298 e. The minimum absolute atomic E-state index is 0.00752. The zero-order chi connectivity index (χ0) is 25.8. The number of benzene rings is 2. The van der Waals surface area contributed by atoms with Crippen molar-refractivity contribution in [2.45, 2.75) is 44.1 Å². The van der Waals surface area contributed by atoms with Gasteiger partial charge < -0.3 is 20.1 Å². The molecule has 10 heteroatoms. The van der Waals surface area contributed by atoms with E-state index in [4.69, 9.17) is 9.84 Å². The number of halogens is 3. The molecule has 0 aliphatic carbocycles. The quantitative estimate of drug-likeness (QED) is 0.542. The highest BCUT2D eigenvalue weighted by atomic mass is 19.3. The fourth-order valence-corrected chi connectivity index (χ4v) is 5.37. The van der Waals surface area contributed by atoms with E-state index >= 15 is 4.39 Å². The van der Waals surface area contributed by atoms with Crippen LogP contribution in [-0.2, 0) is 20.9 Å². The number of nitrogens with one attached hydrogen (secondary N) is 1. The first-order chi connectivity index (χ1) is 17.1. The fraction of sp³-hybridized carbons (Fsp3) is 0.423. The lowest BCUT2D eigenvalue weighted by molar-refractivity contribution is -0.126. The molecule has 3 aromatic rings. The van der Waals surface area contributed by atoms with Crippen molar-refractivity contribution in [1.82, 2.24) is 10.2 Å². The zero-order valence-corrected chi connectivity index (χ0v) is 20.2. The summed E-state index contributed by atoms with van der Waals surface area (Å²) in [6, 6.07) is 6.84. The number of aryl methyl sites for hydroxylation is 1. The number of nitrogens with zero attached hydrogens (tertiary/aromatic N) is 3. The first-order valence-electron chi connectivity index (χ1n) is 11.8. The van der Waals surface area contributed by atoms with Crippen LogP contribution in [0.4, 0.5) is 24.7 Å². The second kappa shape index (κ2) is 8.70. The Morgan fingerprint density at radius 3 is 2.64 bits per heavy atom. The van der Waals surface area contributed by atoms with Gasteiger partial charge in [0.1, 0.15) is 12.4 Å². The lowest BCUT2D eigenvalue weighted by Gasteiger charge is -2.32. The van der Waals surface area contributed by atoms with Gasteiger partial charge in [-0.25, -0.2) is 4.39 Å². The van der Waals surface area contributed by atoms with E-state index in [0.717, 1.165) is 22.7 Å². The predicted octanol–water partition coefficient (Wildman–Crippen LogP) is 4.36. The SMILES string of the molecule is Cc1nnc(NC(C)c2cccc(C(F)(F)CO)c2F)c2cc3c(cc12)N(C)C(=O)C31CCOCC1. The molecule has 1 atom stereocenters. The van der Waals surface area contributed by atoms with Gasteiger partial charge in [-0.15, -0.1) is 5.10 Å². The van der Waals surface area contributed by atoms with E-state index in [1.54, 1.807) is 18.9 Å². The lowest BCUT2D eigenvalue weighted by Crippen LogP contribution is -2.42. The van der Waals surface area contributed by atoms with E-state index in [9.17, 15) is 13.6 Å². The lowest BCUT2D eigenvalue weighted by atomic mass is 9.75. The number of aromatic nitrogens is 2. The molecule has 0 bridgehead atoms. The number of hydrogen-bond acceptors (Lipinski definition) is 6. The molecule has 0 radical (unpaired) electrons. The number of likely N-dealkylation sites (N-methyl/N-ethyl adjacent to an activating group) is 1. The molecule has 1 saturated heterocycles. The van der Waals surface area contributed by atoms with Gasteiger partial charge in [-0.05, 0) is 50.5 Å². The largest absolute Gasteiger partial charge is 0.390 e. The molecule has 2 N–H and O–H groups in total. The van der Waals surface area contributed by atoms with Gasteiger partial charge in [0.05, 0.1) is 22.7 Å². The molecule has 1 unspecified atom stereocenters. The van der Waals surface area contributed by atoms with Crippen LogP contribution in [-0.4, -0.2) is 48.1 Å². The van der Waals surface area contributed by atoms with Crippen molar-refractivity contribution in [2.75, 3.05) is 37.1 Å². The first-order valence-corrected chi connectivity index (χ1v) is 11.8. The molecular weight excluding hydrogens is 473 g/mol. The molecule has 2 aliphatic heterocycles. The van der Waals surface area contributed by atoms with Crippen molar-refractivity contribution in [3.05, 3.63) is 58.5 Å². The van der Waals surface area contributed by atoms with Gasteiger partial charge in [0.25, 0.3) is 5.92 Å². The predicted molar refractivity (Wildman–Crippen MR) is 129 cm³/mol. The number of anilines is 2. The second-order valence-electron chi connectivity index (χ2n) is 9.54. The number of carbonyl (C=O) groups excluding carboxylic acids is 1. The summed E-state index contributed by atoms with van der Waals surface area (Å²) < 4.78 is 48.7. The Labute approximate surface area is 206 Å². The van der Waals surface area contributed by atoms with E-state index in [1.807, 2.05) is 19.1 Å². The van der Waals surface area contributed by atoms with E-state index < -0.39 is 35.4 Å². The molecule has 1 spiro atoms. The fourth-order valence-electron chi connectivity index (χ4n) is 5.37. The van der Waals surface area contributed by atoms with Gasteiger partial charge in [0.15, 0.2) is 5.82 Å². The number of amides is 1. The highest BCUT2D eigenvalue weighted by molar-refractivity contribution is 6.11. The first kappa shape index (κ1) is 24.5. The van der Waals surface area contributed by atoms with Crippen molar-refractivity contribution < 1.29 is 27.8 Å². The summed E-state index contributed by atoms with van der Waals surface area (Å²) in [5.74, 6) is -4.40. The van der Waals surface area contributed by atoms with Gasteiger partial charge in [-0.2, -0.15) is 13.9 Å². The summed E-state index contributed by atoms with van der Waals surface area (Å²) >= 11 is 0. The van der Waals surface area contributed by atoms with Crippen LogP contribution in [0.2, 0.25) is 0 Å². The van der Waals surface area contributed by atoms with E-state index in [1.165, 1.54) is 12.1 Å². The zero-order valence-electron chi connectivity index (χ0n) is 20.2. The topological polar surface area (TPSA) is 87.6 Å². The monoisotopic (exact) mass is 500 g/mol. The molecule has 5 rings (SSSR count). The summed E-state index contributed by atoms with van der Waals surface area (Å²) in [4.78, 5) is 15.0. The minimum Gasteiger partial charge on any atom is -0.390 e. The second-order valence-corrected chi connectivity index (χ2v) is 9.54. The van der Waals surface area contributed by atoms with Crippen LogP contribution < -0.4 is 10.2 Å². The van der Waals surface area contributed by atoms with Crippen LogP contribution in [0.25, 0.3) is 10.8 Å². The maximum absolute atomic E-state index is 15.1. The van der Waals surface area contributed by atoms with Crippen molar-refractivity contribution in [3.63, 3.8) is 0 Å². The molecule has 1 amide bonds. The summed E-state index contributed by atoms with van der Waals surface area (Å²) in [6.45, 7) is 2.93. The van der Waals surface area contributed by atoms with Crippen LogP contribution in [0.5, 0.6) is 0 Å². The number of alkyl halides is 2. The highest BCUT2D eigenvalue weighted by Crippen LogP contribution is 2.49. The molecule has 1 fully saturated rings. The van der Waals surface area contributed by atoms with Gasteiger partial charge in [-0.1, -0.05) is 12.1 Å². The van der Waals surface area contributed by atoms with Gasteiger partial charge in [-0.3, -0.25) is 4.79 Å². The van der Waals surface area contributed by atoms with Crippen molar-refractivity contribution in [3.8, 4) is 0 Å². The molecule has 0 saturated carbocycles. The van der Waals surface area contributed by atoms with Crippen LogP contribution >= 0.6 is 0 Å². The molecule has 1 aromatic heterocycles. The van der Waals surface area contributed by atoms with Crippen LogP contribution in [0.15, 0.2) is 30.3 Å². The smallest absolute Gasteiger partial charge is 0.298 e. The Balaban J connectivity index is 1.59. The van der Waals surface area contributed by atoms with E-state index in [0.29, 0.717) is 43.0 Å². The Hall–Kier alpha value is -3.24. The van der Waals surface area contributed by atoms with Crippen LogP contribution in [0.3, 0.4) is 0 Å². The van der Waals surface area contributed by atoms with Crippen molar-refractivity contribution in [1.29, 1.82) is 0 Å². The summed E-state index contributed by atoms with van der Waals surface area (Å²) in [6.07, 6.45) is 1.14. The van der Waals surface area contributed by atoms with E-state index in [2.05, 4.69) is 15.5 Å². The average molecular weight is 501 g/mol. The van der Waals surface area contributed by atoms with Gasteiger partial charge in [0, 0.05) is 42.3 Å². The third-order valence-electron chi connectivity index (χ3n) is 7.46. The number of carbonyl (C=O) groups is 1. The number of fused-ring (bicyclic) bond motifs is 3. The maximum atomic E-state index is 15.1. The molecule has 7 nitrogen and oxygen atoms in total. The van der Waals surface area contributed by atoms with Gasteiger partial charge in [0.2, 0.25) is 5.91 Å². The molecule has 2 aromatic carbocycles. The highest BCUT2D eigenvalue weighted by Gasteiger charge is 2.50. The molecular formula is C26H27F3N4O3. The Kier molecular flexibility index (Phi) is 5.91. The van der Waals surface area contributed by atoms with Crippen LogP contribution in [0.1, 0.15) is 48.2 Å². The number of aliphatic hydroxyl groups is 1. The standard InChI is InChI=1S/C26H27F3N4O3/c1-14(16-5-4-6-19(22(16)27)26(28,29)13-34)30-23-18-11-20-21(12-17(18)15(2)31-32-23)33(3)24(35)25(20)7-9-36-10-8-25/h4-6,11-12,14,34H,7-10,13H2,1-3H3,(H,30,32). The Morgan fingerprint density at radius 1 is 1.22 bits per heavy atom. The minimum atomic E-state index is -3.70. The van der Waals surface area contributed by atoms with Crippen LogP contribution in [0, 0.1) is 12.7 Å². The Morgan fingerprint density at radius 2 is 1.94 bits per heavy atom. The summed E-state index contributed by atoms with van der Waals surface area (Å²) in [7, 11) is 1.76. The molecule has 2 aliphatic rings. The number of rotatable bonds is 5. The average Bonchev–Trinajstić information content (AvgIpc) is 3.06. The molecule has 190 valence electrons. The normalized spacial score (nSPS) is 18.1. The summed E-state index contributed by atoms with van der Waals surface area (Å²) in [5, 5.41) is 22.2. The summed E-state index contributed by atoms with van der Waals surface area (Å²) in [5.41, 5.74) is 0.840. The third kappa shape index (κ3) is 3.62. The molecule has 36 heavy (non-hydrogen) atoms. The number of ether oxygens (including phenoxy) is 1. The molecule has 3 heterocycles. The third-order valence-corrected chi connectivity index (χ3v) is 7.46. The number of hydrogen-bond donors (Lipinski definition) is 2.